The number of aromatic nitrogens is 2. The van der Waals surface area contributed by atoms with Crippen molar-refractivity contribution in [2.75, 3.05) is 33.9 Å². The van der Waals surface area contributed by atoms with Crippen LogP contribution in [-0.2, 0) is 11.8 Å². The fourth-order valence-electron chi connectivity index (χ4n) is 4.11. The molecule has 2 aliphatic heterocycles. The number of carbonyl (C=O) groups excluding carboxylic acids is 3. The van der Waals surface area contributed by atoms with Gasteiger partial charge in [-0.15, -0.1) is 0 Å². The zero-order valence-corrected chi connectivity index (χ0v) is 17.8. The van der Waals surface area contributed by atoms with Crippen molar-refractivity contribution >= 4 is 17.8 Å². The molecule has 4 amide bonds. The van der Waals surface area contributed by atoms with E-state index >= 15 is 0 Å². The van der Waals surface area contributed by atoms with E-state index < -0.39 is 0 Å². The first-order valence-corrected chi connectivity index (χ1v) is 10.1. The minimum Gasteiger partial charge on any atom is -0.497 e. The summed E-state index contributed by atoms with van der Waals surface area (Å²) in [7, 11) is 4.89. The molecule has 1 aromatic carbocycles. The summed E-state index contributed by atoms with van der Waals surface area (Å²) < 4.78 is 12.3. The molecule has 0 spiro atoms. The summed E-state index contributed by atoms with van der Waals surface area (Å²) in [6.07, 6.45) is 1.11. The second-order valence-corrected chi connectivity index (χ2v) is 7.55. The molecule has 31 heavy (non-hydrogen) atoms. The Hall–Kier alpha value is -3.56. The summed E-state index contributed by atoms with van der Waals surface area (Å²) >= 11 is 0. The maximum atomic E-state index is 13.1. The molecule has 3 heterocycles. The van der Waals surface area contributed by atoms with Crippen LogP contribution in [-0.4, -0.2) is 77.3 Å². The summed E-state index contributed by atoms with van der Waals surface area (Å²) in [6, 6.07) is 6.63. The fraction of sp³-hybridized carbons (Fsp3) is 0.429. The molecule has 0 unspecified atom stereocenters. The number of amides is 4. The van der Waals surface area contributed by atoms with Crippen LogP contribution in [0.15, 0.2) is 24.3 Å². The number of nitrogens with one attached hydrogen (secondary N) is 1. The molecule has 0 bridgehead atoms. The van der Waals surface area contributed by atoms with Crippen LogP contribution in [0.4, 0.5) is 4.79 Å². The molecule has 1 aromatic heterocycles. The van der Waals surface area contributed by atoms with Gasteiger partial charge >= 0.3 is 6.03 Å². The van der Waals surface area contributed by atoms with Gasteiger partial charge in [-0.2, -0.15) is 5.10 Å². The Morgan fingerprint density at radius 1 is 1.13 bits per heavy atom. The van der Waals surface area contributed by atoms with E-state index in [-0.39, 0.29) is 30.4 Å². The van der Waals surface area contributed by atoms with E-state index in [0.717, 1.165) is 5.56 Å². The third-order valence-corrected chi connectivity index (χ3v) is 5.78. The largest absolute Gasteiger partial charge is 0.497 e. The Labute approximate surface area is 179 Å². The predicted molar refractivity (Wildman–Crippen MR) is 111 cm³/mol. The number of nitrogens with zero attached hydrogens (tertiary/aromatic N) is 4. The highest BCUT2D eigenvalue weighted by molar-refractivity contribution is 6.02. The average Bonchev–Trinajstić information content (AvgIpc) is 3.34. The number of imide groups is 1. The van der Waals surface area contributed by atoms with Crippen molar-refractivity contribution < 1.29 is 23.9 Å². The Morgan fingerprint density at radius 3 is 2.48 bits per heavy atom. The Bertz CT molecular complexity index is 1010. The van der Waals surface area contributed by atoms with E-state index in [9.17, 15) is 14.4 Å². The number of aryl methyl sites for hydroxylation is 1. The Kier molecular flexibility index (Phi) is 5.53. The number of piperidine rings is 1. The van der Waals surface area contributed by atoms with E-state index in [1.54, 1.807) is 49.0 Å². The van der Waals surface area contributed by atoms with E-state index in [4.69, 9.17) is 9.47 Å². The monoisotopic (exact) mass is 427 g/mol. The van der Waals surface area contributed by atoms with Crippen molar-refractivity contribution in [3.63, 3.8) is 0 Å². The van der Waals surface area contributed by atoms with Gasteiger partial charge in [0.05, 0.1) is 26.5 Å². The van der Waals surface area contributed by atoms with Crippen LogP contribution in [0.25, 0.3) is 11.3 Å². The number of hydrogen-bond donors (Lipinski definition) is 1. The molecule has 10 nitrogen and oxygen atoms in total. The van der Waals surface area contributed by atoms with Crippen molar-refractivity contribution in [3.8, 4) is 22.8 Å². The smallest absolute Gasteiger partial charge is 0.324 e. The molecule has 0 atom stereocenters. The van der Waals surface area contributed by atoms with Crippen LogP contribution in [0.1, 0.15) is 23.3 Å². The summed E-state index contributed by atoms with van der Waals surface area (Å²) in [5.41, 5.74) is 1.79. The maximum absolute atomic E-state index is 13.1. The molecule has 4 rings (SSSR count). The first kappa shape index (κ1) is 20.7. The highest BCUT2D eigenvalue weighted by Gasteiger charge is 2.37. The predicted octanol–water partition coefficient (Wildman–Crippen LogP) is 1.26. The lowest BCUT2D eigenvalue weighted by Crippen LogP contribution is -2.49. The molecule has 164 valence electrons. The highest BCUT2D eigenvalue weighted by atomic mass is 16.5. The number of likely N-dealkylation sites (tertiary alicyclic amines) is 1. The molecule has 2 aromatic rings. The first-order chi connectivity index (χ1) is 14.9. The number of methoxy groups -OCH3 is 2. The zero-order chi connectivity index (χ0) is 22.1. The quantitative estimate of drug-likeness (QED) is 0.720. The second kappa shape index (κ2) is 8.29. The van der Waals surface area contributed by atoms with Gasteiger partial charge in [0.25, 0.3) is 5.91 Å². The van der Waals surface area contributed by atoms with Crippen LogP contribution in [0.2, 0.25) is 0 Å². The first-order valence-electron chi connectivity index (χ1n) is 10.1. The standard InChI is InChI=1S/C21H25N5O5/c1-24-17(11-16(23-24)15-10-14(30-2)4-5-18(15)31-3)20(28)25-8-6-13(7-9-25)26-19(27)12-22-21(26)29/h4-5,10-11,13H,6-9,12H2,1-3H3,(H,22,29). The van der Waals surface area contributed by atoms with Gasteiger partial charge in [-0.25, -0.2) is 4.79 Å². The number of carbonyl (C=O) groups is 3. The van der Waals surface area contributed by atoms with Crippen molar-refractivity contribution in [3.05, 3.63) is 30.0 Å². The van der Waals surface area contributed by atoms with Gasteiger partial charge in [-0.1, -0.05) is 0 Å². The van der Waals surface area contributed by atoms with E-state index in [1.165, 1.54) is 4.90 Å². The number of hydrogen-bond acceptors (Lipinski definition) is 6. The number of benzene rings is 1. The second-order valence-electron chi connectivity index (χ2n) is 7.55. The molecule has 0 saturated carbocycles. The summed E-state index contributed by atoms with van der Waals surface area (Å²) in [4.78, 5) is 40.0. The molecule has 2 saturated heterocycles. The average molecular weight is 427 g/mol. The lowest BCUT2D eigenvalue weighted by Gasteiger charge is -2.35. The SMILES string of the molecule is COc1ccc(OC)c(-c2cc(C(=O)N3CCC(N4C(=O)CNC4=O)CC3)n(C)n2)c1. The minimum atomic E-state index is -0.349. The van der Waals surface area contributed by atoms with Crippen molar-refractivity contribution in [1.82, 2.24) is 24.9 Å². The van der Waals surface area contributed by atoms with Crippen LogP contribution in [0.3, 0.4) is 0 Å². The van der Waals surface area contributed by atoms with Gasteiger partial charge in [0.1, 0.15) is 17.2 Å². The molecule has 10 heteroatoms. The molecular formula is C21H25N5O5. The molecular weight excluding hydrogens is 402 g/mol. The van der Waals surface area contributed by atoms with Gasteiger partial charge in [0.15, 0.2) is 0 Å². The van der Waals surface area contributed by atoms with E-state index in [1.807, 2.05) is 6.07 Å². The van der Waals surface area contributed by atoms with Gasteiger partial charge in [-0.05, 0) is 37.1 Å². The molecule has 0 radical (unpaired) electrons. The van der Waals surface area contributed by atoms with Crippen LogP contribution in [0, 0.1) is 0 Å². The van der Waals surface area contributed by atoms with E-state index in [2.05, 4.69) is 10.4 Å². The topological polar surface area (TPSA) is 106 Å². The lowest BCUT2D eigenvalue weighted by molar-refractivity contribution is -0.127. The zero-order valence-electron chi connectivity index (χ0n) is 17.8. The van der Waals surface area contributed by atoms with Crippen molar-refractivity contribution in [2.24, 2.45) is 7.05 Å². The van der Waals surface area contributed by atoms with Crippen LogP contribution in [0.5, 0.6) is 11.5 Å². The van der Waals surface area contributed by atoms with Crippen LogP contribution < -0.4 is 14.8 Å². The molecule has 2 aliphatic rings. The molecule has 2 fully saturated rings. The third-order valence-electron chi connectivity index (χ3n) is 5.78. The number of ether oxygens (including phenoxy) is 2. The molecule has 0 aliphatic carbocycles. The van der Waals surface area contributed by atoms with Crippen molar-refractivity contribution in [1.29, 1.82) is 0 Å². The van der Waals surface area contributed by atoms with Crippen molar-refractivity contribution in [2.45, 2.75) is 18.9 Å². The highest BCUT2D eigenvalue weighted by Crippen LogP contribution is 2.33. The molecule has 1 N–H and O–H groups in total. The van der Waals surface area contributed by atoms with Gasteiger partial charge < -0.3 is 19.7 Å². The maximum Gasteiger partial charge on any atom is 0.324 e. The third kappa shape index (κ3) is 3.80. The summed E-state index contributed by atoms with van der Waals surface area (Å²) in [5.74, 6) is 0.946. The van der Waals surface area contributed by atoms with Gasteiger partial charge in [0.2, 0.25) is 5.91 Å². The normalized spacial score (nSPS) is 17.1. The van der Waals surface area contributed by atoms with Gasteiger partial charge in [0, 0.05) is 31.7 Å². The number of rotatable bonds is 5. The van der Waals surface area contributed by atoms with E-state index in [0.29, 0.717) is 48.8 Å². The lowest BCUT2D eigenvalue weighted by atomic mass is 10.0. The Morgan fingerprint density at radius 2 is 1.87 bits per heavy atom. The number of urea groups is 1. The summed E-state index contributed by atoms with van der Waals surface area (Å²) in [6.45, 7) is 0.969. The van der Waals surface area contributed by atoms with Gasteiger partial charge in [-0.3, -0.25) is 19.2 Å². The van der Waals surface area contributed by atoms with Crippen LogP contribution >= 0.6 is 0 Å². The minimum absolute atomic E-state index is 0.0451. The summed E-state index contributed by atoms with van der Waals surface area (Å²) in [5, 5.41) is 7.05. The Balaban J connectivity index is 1.50. The fourth-order valence-corrected chi connectivity index (χ4v) is 4.11.